The van der Waals surface area contributed by atoms with Gasteiger partial charge in [-0.2, -0.15) is 9.78 Å². The zero-order valence-corrected chi connectivity index (χ0v) is 16.1. The summed E-state index contributed by atoms with van der Waals surface area (Å²) in [6.07, 6.45) is 0.281. The molecule has 0 fully saturated rings. The number of aliphatic hydroxyl groups is 1. The Morgan fingerprint density at radius 3 is 2.82 bits per heavy atom. The van der Waals surface area contributed by atoms with Crippen LogP contribution in [0.2, 0.25) is 5.15 Å². The zero-order chi connectivity index (χ0) is 19.8. The van der Waals surface area contributed by atoms with Crippen molar-refractivity contribution in [1.82, 2.24) is 20.0 Å². The maximum absolute atomic E-state index is 12.5. The molecule has 1 amide bonds. The van der Waals surface area contributed by atoms with Gasteiger partial charge in [-0.25, -0.2) is 0 Å². The maximum Gasteiger partial charge on any atom is 0.226 e. The number of benzene rings is 1. The molecule has 1 aliphatic rings. The summed E-state index contributed by atoms with van der Waals surface area (Å²) in [5.74, 6) is 1.31. The number of ether oxygens (including phenoxy) is 1. The highest BCUT2D eigenvalue weighted by atomic mass is 35.5. The second-order valence-electron chi connectivity index (χ2n) is 6.51. The van der Waals surface area contributed by atoms with Crippen molar-refractivity contribution in [3.8, 4) is 11.6 Å². The van der Waals surface area contributed by atoms with Gasteiger partial charge in [-0.1, -0.05) is 17.7 Å². The van der Waals surface area contributed by atoms with E-state index >= 15 is 0 Å². The number of anilines is 1. The summed E-state index contributed by atoms with van der Waals surface area (Å²) in [5.41, 5.74) is 3.26. The number of halogens is 1. The van der Waals surface area contributed by atoms with Crippen molar-refractivity contribution in [2.45, 2.75) is 25.9 Å². The van der Waals surface area contributed by atoms with Crippen molar-refractivity contribution >= 4 is 23.3 Å². The molecule has 1 atom stereocenters. The van der Waals surface area contributed by atoms with Crippen molar-refractivity contribution in [1.29, 1.82) is 0 Å². The lowest BCUT2D eigenvalue weighted by Gasteiger charge is -2.25. The van der Waals surface area contributed by atoms with E-state index in [0.29, 0.717) is 22.9 Å². The molecular weight excluding hydrogens is 382 g/mol. The van der Waals surface area contributed by atoms with Gasteiger partial charge in [-0.3, -0.25) is 4.79 Å². The summed E-state index contributed by atoms with van der Waals surface area (Å²) in [5, 5.41) is 25.3. The Morgan fingerprint density at radius 2 is 2.14 bits per heavy atom. The van der Waals surface area contributed by atoms with Gasteiger partial charge >= 0.3 is 0 Å². The number of aliphatic hydroxyl groups excluding tert-OH is 1. The molecule has 2 aromatic heterocycles. The molecule has 3 aromatic rings. The lowest BCUT2D eigenvalue weighted by Crippen LogP contribution is -2.25. The van der Waals surface area contributed by atoms with E-state index < -0.39 is 0 Å². The Hall–Kier alpha value is -2.97. The fourth-order valence-corrected chi connectivity index (χ4v) is 3.66. The van der Waals surface area contributed by atoms with Gasteiger partial charge in [0.15, 0.2) is 11.0 Å². The number of hydrogen-bond donors (Lipinski definition) is 2. The molecule has 1 aliphatic heterocycles. The molecular formula is C19H18ClN5O3. The molecule has 2 N–H and O–H groups in total. The summed E-state index contributed by atoms with van der Waals surface area (Å²) < 4.78 is 6.85. The van der Waals surface area contributed by atoms with Gasteiger partial charge < -0.3 is 15.2 Å². The van der Waals surface area contributed by atoms with E-state index in [4.69, 9.17) is 16.3 Å². The first-order chi connectivity index (χ1) is 13.5. The molecule has 0 radical (unpaired) electrons. The van der Waals surface area contributed by atoms with Crippen LogP contribution in [0, 0.1) is 6.92 Å². The van der Waals surface area contributed by atoms with E-state index in [2.05, 4.69) is 20.6 Å². The highest BCUT2D eigenvalue weighted by Gasteiger charge is 2.33. The largest absolute Gasteiger partial charge is 0.496 e. The average molecular weight is 400 g/mol. The first-order valence-corrected chi connectivity index (χ1v) is 9.06. The number of nitrogens with zero attached hydrogens (tertiary/aromatic N) is 4. The summed E-state index contributed by atoms with van der Waals surface area (Å²) >= 11 is 5.82. The highest BCUT2D eigenvalue weighted by molar-refractivity contribution is 6.29. The van der Waals surface area contributed by atoms with Crippen molar-refractivity contribution in [2.24, 2.45) is 0 Å². The SMILES string of the molecule is COc1ccc([C@H]2CC(=O)Nc3c2c(C)nn3-c2ccc(Cl)nn2)cc1CO. The molecule has 4 rings (SSSR count). The van der Waals surface area contributed by atoms with Crippen LogP contribution in [0.1, 0.15) is 34.7 Å². The summed E-state index contributed by atoms with van der Waals surface area (Å²) in [7, 11) is 1.56. The molecule has 3 heterocycles. The van der Waals surface area contributed by atoms with Crippen LogP contribution < -0.4 is 10.1 Å². The van der Waals surface area contributed by atoms with Gasteiger partial charge in [-0.15, -0.1) is 10.2 Å². The van der Waals surface area contributed by atoms with Crippen molar-refractivity contribution < 1.29 is 14.6 Å². The molecule has 0 spiro atoms. The van der Waals surface area contributed by atoms with Crippen LogP contribution in [0.3, 0.4) is 0 Å². The minimum absolute atomic E-state index is 0.123. The number of fused-ring (bicyclic) bond motifs is 1. The quantitative estimate of drug-likeness (QED) is 0.699. The lowest BCUT2D eigenvalue weighted by molar-refractivity contribution is -0.116. The summed E-state index contributed by atoms with van der Waals surface area (Å²) in [4.78, 5) is 12.5. The normalized spacial score (nSPS) is 15.9. The van der Waals surface area contributed by atoms with Crippen LogP contribution in [-0.4, -0.2) is 38.1 Å². The number of hydrogen-bond acceptors (Lipinski definition) is 6. The lowest BCUT2D eigenvalue weighted by atomic mass is 9.85. The number of amides is 1. The zero-order valence-electron chi connectivity index (χ0n) is 15.3. The third kappa shape index (κ3) is 3.10. The van der Waals surface area contributed by atoms with E-state index in [1.165, 1.54) is 0 Å². The van der Waals surface area contributed by atoms with E-state index in [9.17, 15) is 9.90 Å². The minimum atomic E-state index is -0.200. The van der Waals surface area contributed by atoms with Crippen molar-refractivity contribution in [3.63, 3.8) is 0 Å². The topological polar surface area (TPSA) is 102 Å². The molecule has 0 aliphatic carbocycles. The molecule has 144 valence electrons. The fourth-order valence-electron chi connectivity index (χ4n) is 3.56. The van der Waals surface area contributed by atoms with Crippen LogP contribution in [0.5, 0.6) is 5.75 Å². The number of aryl methyl sites for hydroxylation is 1. The standard InChI is InChI=1S/C19H18ClN5O3/c1-10-18-13(11-3-4-14(28-2)12(7-11)9-26)8-17(27)21-19(18)25(24-10)16-6-5-15(20)22-23-16/h3-7,13,26H,8-9H2,1-2H3,(H,21,27)/t13-/m1/s1. The monoisotopic (exact) mass is 399 g/mol. The smallest absolute Gasteiger partial charge is 0.226 e. The van der Waals surface area contributed by atoms with E-state index in [1.807, 2.05) is 19.1 Å². The summed E-state index contributed by atoms with van der Waals surface area (Å²) in [6, 6.07) is 8.88. The molecule has 1 aromatic carbocycles. The van der Waals surface area contributed by atoms with Gasteiger partial charge in [0.1, 0.15) is 11.6 Å². The van der Waals surface area contributed by atoms with Gasteiger partial charge in [0.05, 0.1) is 19.4 Å². The molecule has 0 unspecified atom stereocenters. The highest BCUT2D eigenvalue weighted by Crippen LogP contribution is 2.41. The Labute approximate surface area is 166 Å². The van der Waals surface area contributed by atoms with Crippen molar-refractivity contribution in [2.75, 3.05) is 12.4 Å². The van der Waals surface area contributed by atoms with Crippen LogP contribution in [0.15, 0.2) is 30.3 Å². The predicted octanol–water partition coefficient (Wildman–Crippen LogP) is 2.60. The predicted molar refractivity (Wildman–Crippen MR) is 103 cm³/mol. The molecule has 8 nitrogen and oxygen atoms in total. The van der Waals surface area contributed by atoms with E-state index in [1.54, 1.807) is 30.0 Å². The third-order valence-corrected chi connectivity index (χ3v) is 5.02. The average Bonchev–Trinajstić information content (AvgIpc) is 3.03. The Balaban J connectivity index is 1.84. The number of nitrogens with one attached hydrogen (secondary N) is 1. The van der Waals surface area contributed by atoms with Gasteiger partial charge in [0.2, 0.25) is 5.91 Å². The number of methoxy groups -OCH3 is 1. The van der Waals surface area contributed by atoms with E-state index in [-0.39, 0.29) is 30.0 Å². The van der Waals surface area contributed by atoms with Crippen LogP contribution in [0.4, 0.5) is 5.82 Å². The van der Waals surface area contributed by atoms with Crippen molar-refractivity contribution in [3.05, 3.63) is 57.9 Å². The van der Waals surface area contributed by atoms with Crippen LogP contribution in [0.25, 0.3) is 5.82 Å². The molecule has 28 heavy (non-hydrogen) atoms. The first-order valence-electron chi connectivity index (χ1n) is 8.68. The number of aromatic nitrogens is 4. The first kappa shape index (κ1) is 18.4. The molecule has 9 heteroatoms. The third-order valence-electron chi connectivity index (χ3n) is 4.81. The number of carbonyl (C=O) groups excluding carboxylic acids is 1. The molecule has 0 bridgehead atoms. The maximum atomic E-state index is 12.5. The van der Waals surface area contributed by atoms with Gasteiger partial charge in [0, 0.05) is 23.5 Å². The number of carbonyl (C=O) groups is 1. The minimum Gasteiger partial charge on any atom is -0.496 e. The van der Waals surface area contributed by atoms with Gasteiger partial charge in [-0.05, 0) is 36.8 Å². The van der Waals surface area contributed by atoms with E-state index in [0.717, 1.165) is 16.8 Å². The fraction of sp³-hybridized carbons (Fsp3) is 0.263. The van der Waals surface area contributed by atoms with Crippen LogP contribution >= 0.6 is 11.6 Å². The Kier molecular flexibility index (Phi) is 4.74. The molecule has 0 saturated carbocycles. The summed E-state index contributed by atoms with van der Waals surface area (Å²) in [6.45, 7) is 1.74. The molecule has 0 saturated heterocycles. The second kappa shape index (κ2) is 7.21. The Morgan fingerprint density at radius 1 is 1.32 bits per heavy atom. The van der Waals surface area contributed by atoms with Gasteiger partial charge in [0.25, 0.3) is 0 Å². The number of rotatable bonds is 4. The van der Waals surface area contributed by atoms with Crippen LogP contribution in [-0.2, 0) is 11.4 Å². The second-order valence-corrected chi connectivity index (χ2v) is 6.90. The Bertz CT molecular complexity index is 1050.